The number of halogens is 3. The van der Waals surface area contributed by atoms with E-state index < -0.39 is 11.4 Å². The highest BCUT2D eigenvalue weighted by Gasteiger charge is 2.19. The highest BCUT2D eigenvalue weighted by atomic mass is 35.5. The molecule has 1 rings (SSSR count). The topological polar surface area (TPSA) is 32.3 Å². The molecule has 0 saturated heterocycles. The first kappa shape index (κ1) is 14.7. The molecule has 0 aliphatic rings. The molecular formula is C12H16Cl2FNO. The van der Waals surface area contributed by atoms with Crippen LogP contribution in [0.3, 0.4) is 0 Å². The Hall–Kier alpha value is -0.350. The van der Waals surface area contributed by atoms with Gasteiger partial charge in [-0.05, 0) is 32.9 Å². The van der Waals surface area contributed by atoms with Crippen molar-refractivity contribution in [3.63, 3.8) is 0 Å². The van der Waals surface area contributed by atoms with E-state index in [1.165, 1.54) is 12.1 Å². The number of rotatable bonds is 4. The van der Waals surface area contributed by atoms with Gasteiger partial charge < -0.3 is 10.4 Å². The van der Waals surface area contributed by atoms with E-state index in [-0.39, 0.29) is 11.1 Å². The summed E-state index contributed by atoms with van der Waals surface area (Å²) in [6.07, 6.45) is 0. The van der Waals surface area contributed by atoms with Gasteiger partial charge in [0.25, 0.3) is 0 Å². The van der Waals surface area contributed by atoms with E-state index in [0.29, 0.717) is 17.1 Å². The Morgan fingerprint density at radius 3 is 2.53 bits per heavy atom. The van der Waals surface area contributed by atoms with E-state index >= 15 is 0 Å². The standard InChI is InChI=1S/C12H16Cl2FNO/c1-7(16-6-12(2,3)17)10-8(13)4-5-9(15)11(10)14/h4-5,7,16-17H,6H2,1-3H3. The van der Waals surface area contributed by atoms with E-state index in [1.54, 1.807) is 13.8 Å². The Bertz CT molecular complexity index is 404. The van der Waals surface area contributed by atoms with Gasteiger partial charge in [0.15, 0.2) is 0 Å². The Balaban J connectivity index is 2.89. The maximum absolute atomic E-state index is 13.3. The first-order valence-electron chi connectivity index (χ1n) is 5.31. The summed E-state index contributed by atoms with van der Waals surface area (Å²) in [4.78, 5) is 0. The molecule has 0 bridgehead atoms. The zero-order valence-electron chi connectivity index (χ0n) is 10.0. The number of hydrogen-bond donors (Lipinski definition) is 2. The second-order valence-corrected chi connectivity index (χ2v) is 5.46. The minimum atomic E-state index is -0.847. The average Bonchev–Trinajstić information content (AvgIpc) is 2.20. The van der Waals surface area contributed by atoms with Crippen LogP contribution >= 0.6 is 23.2 Å². The Morgan fingerprint density at radius 2 is 2.00 bits per heavy atom. The lowest BCUT2D eigenvalue weighted by Gasteiger charge is -2.23. The summed E-state index contributed by atoms with van der Waals surface area (Å²) in [5, 5.41) is 13.1. The Kier molecular flexibility index (Phi) is 4.78. The SMILES string of the molecule is CC(NCC(C)(C)O)c1c(Cl)ccc(F)c1Cl. The van der Waals surface area contributed by atoms with Gasteiger partial charge in [0.05, 0.1) is 10.6 Å². The van der Waals surface area contributed by atoms with Gasteiger partial charge in [-0.2, -0.15) is 0 Å². The maximum atomic E-state index is 13.3. The van der Waals surface area contributed by atoms with Gasteiger partial charge in [0.2, 0.25) is 0 Å². The summed E-state index contributed by atoms with van der Waals surface area (Å²) in [6, 6.07) is 2.47. The molecule has 5 heteroatoms. The molecule has 0 aromatic heterocycles. The Morgan fingerprint density at radius 1 is 1.41 bits per heavy atom. The van der Waals surface area contributed by atoms with Crippen molar-refractivity contribution in [3.05, 3.63) is 33.6 Å². The molecule has 96 valence electrons. The molecule has 0 aliphatic heterocycles. The Labute approximate surface area is 111 Å². The van der Waals surface area contributed by atoms with Crippen LogP contribution in [0.4, 0.5) is 4.39 Å². The van der Waals surface area contributed by atoms with Crippen LogP contribution in [0.1, 0.15) is 32.4 Å². The third-order valence-corrected chi connectivity index (χ3v) is 3.07. The lowest BCUT2D eigenvalue weighted by Crippen LogP contribution is -2.36. The molecule has 1 aromatic rings. The van der Waals surface area contributed by atoms with Gasteiger partial charge in [-0.25, -0.2) is 4.39 Å². The molecule has 0 saturated carbocycles. The van der Waals surface area contributed by atoms with Gasteiger partial charge in [0.1, 0.15) is 5.82 Å². The van der Waals surface area contributed by atoms with Crippen molar-refractivity contribution in [1.82, 2.24) is 5.32 Å². The zero-order valence-corrected chi connectivity index (χ0v) is 11.5. The van der Waals surface area contributed by atoms with Gasteiger partial charge in [-0.1, -0.05) is 23.2 Å². The lowest BCUT2D eigenvalue weighted by molar-refractivity contribution is 0.0770. The number of hydrogen-bond acceptors (Lipinski definition) is 2. The van der Waals surface area contributed by atoms with Crippen molar-refractivity contribution in [2.45, 2.75) is 32.4 Å². The highest BCUT2D eigenvalue weighted by molar-refractivity contribution is 6.36. The van der Waals surface area contributed by atoms with Crippen LogP contribution in [-0.4, -0.2) is 17.3 Å². The summed E-state index contributed by atoms with van der Waals surface area (Å²) >= 11 is 11.9. The van der Waals surface area contributed by atoms with E-state index in [9.17, 15) is 9.50 Å². The monoisotopic (exact) mass is 279 g/mol. The van der Waals surface area contributed by atoms with Crippen molar-refractivity contribution >= 4 is 23.2 Å². The first-order chi connectivity index (χ1) is 7.72. The van der Waals surface area contributed by atoms with Gasteiger partial charge in [0, 0.05) is 23.2 Å². The molecule has 2 nitrogen and oxygen atoms in total. The van der Waals surface area contributed by atoms with Crippen LogP contribution in [-0.2, 0) is 0 Å². The second-order valence-electron chi connectivity index (χ2n) is 4.67. The molecule has 0 aliphatic carbocycles. The van der Waals surface area contributed by atoms with Crippen LogP contribution in [0.5, 0.6) is 0 Å². The van der Waals surface area contributed by atoms with Crippen LogP contribution in [0.15, 0.2) is 12.1 Å². The maximum Gasteiger partial charge on any atom is 0.142 e. The molecule has 0 heterocycles. The van der Waals surface area contributed by atoms with Gasteiger partial charge in [-0.15, -0.1) is 0 Å². The van der Waals surface area contributed by atoms with E-state index in [0.717, 1.165) is 0 Å². The summed E-state index contributed by atoms with van der Waals surface area (Å²) in [7, 11) is 0. The fourth-order valence-electron chi connectivity index (χ4n) is 1.44. The number of benzene rings is 1. The van der Waals surface area contributed by atoms with E-state index in [1.807, 2.05) is 6.92 Å². The van der Waals surface area contributed by atoms with Crippen LogP contribution in [0.2, 0.25) is 10.0 Å². The first-order valence-corrected chi connectivity index (χ1v) is 6.07. The van der Waals surface area contributed by atoms with E-state index in [4.69, 9.17) is 23.2 Å². The molecule has 1 atom stereocenters. The van der Waals surface area contributed by atoms with Gasteiger partial charge >= 0.3 is 0 Å². The predicted molar refractivity (Wildman–Crippen MR) is 69.1 cm³/mol. The molecule has 0 spiro atoms. The number of aliphatic hydroxyl groups is 1. The third-order valence-electron chi connectivity index (χ3n) is 2.35. The second kappa shape index (κ2) is 5.53. The van der Waals surface area contributed by atoms with Crippen molar-refractivity contribution in [1.29, 1.82) is 0 Å². The van der Waals surface area contributed by atoms with Crippen molar-refractivity contribution < 1.29 is 9.50 Å². The van der Waals surface area contributed by atoms with Crippen molar-refractivity contribution in [3.8, 4) is 0 Å². The lowest BCUT2D eigenvalue weighted by atomic mass is 10.1. The van der Waals surface area contributed by atoms with Crippen molar-refractivity contribution in [2.24, 2.45) is 0 Å². The molecule has 1 unspecified atom stereocenters. The minimum absolute atomic E-state index is 0.0215. The minimum Gasteiger partial charge on any atom is -0.389 e. The average molecular weight is 280 g/mol. The summed E-state index contributed by atoms with van der Waals surface area (Å²) < 4.78 is 13.3. The molecule has 17 heavy (non-hydrogen) atoms. The highest BCUT2D eigenvalue weighted by Crippen LogP contribution is 2.32. The number of nitrogens with one attached hydrogen (secondary N) is 1. The van der Waals surface area contributed by atoms with Crippen LogP contribution < -0.4 is 5.32 Å². The molecular weight excluding hydrogens is 264 g/mol. The molecule has 0 radical (unpaired) electrons. The van der Waals surface area contributed by atoms with Crippen LogP contribution in [0, 0.1) is 5.82 Å². The quantitative estimate of drug-likeness (QED) is 0.827. The predicted octanol–water partition coefficient (Wildman–Crippen LogP) is 3.55. The third kappa shape index (κ3) is 4.11. The molecule has 2 N–H and O–H groups in total. The van der Waals surface area contributed by atoms with Crippen molar-refractivity contribution in [2.75, 3.05) is 6.54 Å². The summed E-state index contributed by atoms with van der Waals surface area (Å²) in [5.74, 6) is -0.497. The summed E-state index contributed by atoms with van der Waals surface area (Å²) in [6.45, 7) is 5.54. The molecule has 0 fully saturated rings. The largest absolute Gasteiger partial charge is 0.389 e. The normalized spacial score (nSPS) is 13.8. The van der Waals surface area contributed by atoms with E-state index in [2.05, 4.69) is 5.32 Å². The fraction of sp³-hybridized carbons (Fsp3) is 0.500. The van der Waals surface area contributed by atoms with Crippen LogP contribution in [0.25, 0.3) is 0 Å². The molecule has 1 aromatic carbocycles. The zero-order chi connectivity index (χ0) is 13.2. The molecule has 0 amide bonds. The van der Waals surface area contributed by atoms with Gasteiger partial charge in [-0.3, -0.25) is 0 Å². The smallest absolute Gasteiger partial charge is 0.142 e. The summed E-state index contributed by atoms with van der Waals surface area (Å²) in [5.41, 5.74) is -0.335. The fourth-order valence-corrected chi connectivity index (χ4v) is 2.14.